The number of nitrogens with zero attached hydrogens (tertiary/aromatic N) is 2. The fourth-order valence-corrected chi connectivity index (χ4v) is 2.46. The number of hydrogen-bond donors (Lipinski definition) is 1. The van der Waals surface area contributed by atoms with Crippen molar-refractivity contribution in [2.75, 3.05) is 13.2 Å². The molecule has 1 fully saturated rings. The molecule has 1 aliphatic carbocycles. The predicted octanol–water partition coefficient (Wildman–Crippen LogP) is 1.60. The molecule has 19 heavy (non-hydrogen) atoms. The molecule has 2 rings (SSSR count). The molecule has 1 heterocycles. The van der Waals surface area contributed by atoms with Crippen molar-refractivity contribution in [3.8, 4) is 0 Å². The Labute approximate surface area is 113 Å². The van der Waals surface area contributed by atoms with Crippen molar-refractivity contribution >= 4 is 5.91 Å². The highest BCUT2D eigenvalue weighted by Crippen LogP contribution is 2.26. The molecule has 0 unspecified atom stereocenters. The molecule has 1 aromatic rings. The highest BCUT2D eigenvalue weighted by molar-refractivity contribution is 5.79. The summed E-state index contributed by atoms with van der Waals surface area (Å²) in [6.07, 6.45) is 4.35. The zero-order valence-corrected chi connectivity index (χ0v) is 11.7. The van der Waals surface area contributed by atoms with Crippen molar-refractivity contribution in [2.45, 2.75) is 52.0 Å². The Bertz CT molecular complexity index is 418. The number of aromatic nitrogens is 1. The molecule has 0 aliphatic heterocycles. The lowest BCUT2D eigenvalue weighted by atomic mass is 9.90. The van der Waals surface area contributed by atoms with Gasteiger partial charge in [-0.25, -0.2) is 0 Å². The first-order valence-electron chi connectivity index (χ1n) is 6.95. The first-order valence-corrected chi connectivity index (χ1v) is 6.95. The van der Waals surface area contributed by atoms with Gasteiger partial charge >= 0.3 is 0 Å². The van der Waals surface area contributed by atoms with Gasteiger partial charge in [0.05, 0.1) is 12.1 Å². The van der Waals surface area contributed by atoms with E-state index in [-0.39, 0.29) is 12.5 Å². The number of carbonyl (C=O) groups is 1. The van der Waals surface area contributed by atoms with E-state index in [0.717, 1.165) is 29.9 Å². The number of aliphatic hydroxyl groups excluding tert-OH is 1. The molecule has 1 aromatic heterocycles. The lowest BCUT2D eigenvalue weighted by molar-refractivity contribution is -0.134. The van der Waals surface area contributed by atoms with Crippen LogP contribution in [0.5, 0.6) is 0 Å². The summed E-state index contributed by atoms with van der Waals surface area (Å²) >= 11 is 0. The van der Waals surface area contributed by atoms with Gasteiger partial charge in [0.15, 0.2) is 0 Å². The molecule has 5 heteroatoms. The topological polar surface area (TPSA) is 66.6 Å². The number of aliphatic hydroxyl groups is 1. The molecule has 0 radical (unpaired) electrons. The number of aryl methyl sites for hydroxylation is 2. The Hall–Kier alpha value is -1.36. The number of hydrogen-bond acceptors (Lipinski definition) is 4. The fourth-order valence-electron chi connectivity index (χ4n) is 2.46. The molecule has 106 valence electrons. The quantitative estimate of drug-likeness (QED) is 0.849. The number of amides is 1. The van der Waals surface area contributed by atoms with E-state index < -0.39 is 0 Å². The largest absolute Gasteiger partial charge is 0.396 e. The molecule has 0 spiro atoms. The molecule has 1 saturated carbocycles. The molecule has 0 saturated heterocycles. The van der Waals surface area contributed by atoms with E-state index in [9.17, 15) is 4.79 Å². The van der Waals surface area contributed by atoms with Gasteiger partial charge in [-0.2, -0.15) is 0 Å². The molecule has 1 aliphatic rings. The second-order valence-electron chi connectivity index (χ2n) is 5.23. The summed E-state index contributed by atoms with van der Waals surface area (Å²) < 4.78 is 5.10. The Balaban J connectivity index is 2.02. The van der Waals surface area contributed by atoms with Crippen LogP contribution in [0.4, 0.5) is 0 Å². The zero-order chi connectivity index (χ0) is 13.8. The molecular formula is C14H22N2O3. The van der Waals surface area contributed by atoms with Crippen molar-refractivity contribution in [1.82, 2.24) is 10.1 Å². The summed E-state index contributed by atoms with van der Waals surface area (Å²) in [7, 11) is 0. The predicted molar refractivity (Wildman–Crippen MR) is 70.7 cm³/mol. The molecule has 0 bridgehead atoms. The van der Waals surface area contributed by atoms with Crippen LogP contribution < -0.4 is 0 Å². The van der Waals surface area contributed by atoms with Crippen LogP contribution in [0.2, 0.25) is 0 Å². The van der Waals surface area contributed by atoms with Crippen LogP contribution in [-0.4, -0.2) is 40.3 Å². The van der Waals surface area contributed by atoms with Crippen molar-refractivity contribution in [3.63, 3.8) is 0 Å². The third kappa shape index (κ3) is 3.15. The Kier molecular flexibility index (Phi) is 4.58. The summed E-state index contributed by atoms with van der Waals surface area (Å²) in [6.45, 7) is 4.47. The van der Waals surface area contributed by atoms with Crippen LogP contribution in [0, 0.1) is 13.8 Å². The van der Waals surface area contributed by atoms with E-state index in [0.29, 0.717) is 25.4 Å². The van der Waals surface area contributed by atoms with Gasteiger partial charge in [-0.3, -0.25) is 4.79 Å². The van der Waals surface area contributed by atoms with Crippen molar-refractivity contribution in [3.05, 3.63) is 17.0 Å². The third-order valence-electron chi connectivity index (χ3n) is 3.90. The summed E-state index contributed by atoms with van der Waals surface area (Å²) in [5, 5.41) is 12.8. The third-order valence-corrected chi connectivity index (χ3v) is 3.90. The average Bonchev–Trinajstić information content (AvgIpc) is 2.63. The lowest BCUT2D eigenvalue weighted by Crippen LogP contribution is -2.45. The second-order valence-corrected chi connectivity index (χ2v) is 5.23. The van der Waals surface area contributed by atoms with E-state index in [1.165, 1.54) is 6.42 Å². The van der Waals surface area contributed by atoms with Crippen LogP contribution in [0.1, 0.15) is 42.7 Å². The van der Waals surface area contributed by atoms with E-state index in [4.69, 9.17) is 9.63 Å². The van der Waals surface area contributed by atoms with Gasteiger partial charge in [-0.1, -0.05) is 5.16 Å². The molecule has 5 nitrogen and oxygen atoms in total. The zero-order valence-electron chi connectivity index (χ0n) is 11.7. The highest BCUT2D eigenvalue weighted by atomic mass is 16.5. The Morgan fingerprint density at radius 2 is 2.21 bits per heavy atom. The van der Waals surface area contributed by atoms with E-state index in [1.807, 2.05) is 18.7 Å². The lowest BCUT2D eigenvalue weighted by Gasteiger charge is -2.37. The molecule has 0 aromatic carbocycles. The van der Waals surface area contributed by atoms with Gasteiger partial charge in [0.2, 0.25) is 5.91 Å². The van der Waals surface area contributed by atoms with Crippen molar-refractivity contribution in [2.24, 2.45) is 0 Å². The van der Waals surface area contributed by atoms with Crippen molar-refractivity contribution in [1.29, 1.82) is 0 Å². The summed E-state index contributed by atoms with van der Waals surface area (Å²) in [5.41, 5.74) is 1.69. The minimum atomic E-state index is 0.118. The van der Waals surface area contributed by atoms with E-state index in [2.05, 4.69) is 5.16 Å². The molecule has 1 N–H and O–H groups in total. The van der Waals surface area contributed by atoms with Crippen LogP contribution in [0.25, 0.3) is 0 Å². The minimum absolute atomic E-state index is 0.118. The van der Waals surface area contributed by atoms with Gasteiger partial charge in [0.25, 0.3) is 0 Å². The van der Waals surface area contributed by atoms with Crippen LogP contribution in [0.3, 0.4) is 0 Å². The molecule has 1 amide bonds. The first-order chi connectivity index (χ1) is 9.13. The van der Waals surface area contributed by atoms with Crippen molar-refractivity contribution < 1.29 is 14.4 Å². The molecular weight excluding hydrogens is 244 g/mol. The average molecular weight is 266 g/mol. The smallest absolute Gasteiger partial charge is 0.227 e. The second kappa shape index (κ2) is 6.19. The normalized spacial score (nSPS) is 15.3. The van der Waals surface area contributed by atoms with Crippen LogP contribution in [0.15, 0.2) is 4.52 Å². The molecule has 0 atom stereocenters. The maximum atomic E-state index is 12.4. The summed E-state index contributed by atoms with van der Waals surface area (Å²) in [6, 6.07) is 0.361. The maximum absolute atomic E-state index is 12.4. The standard InChI is InChI=1S/C14H22N2O3/c1-10-13(11(2)19-15-10)9-14(18)16(7-4-8-17)12-5-3-6-12/h12,17H,3-9H2,1-2H3. The highest BCUT2D eigenvalue weighted by Gasteiger charge is 2.29. The van der Waals surface area contributed by atoms with E-state index >= 15 is 0 Å². The van der Waals surface area contributed by atoms with Gasteiger partial charge < -0.3 is 14.5 Å². The van der Waals surface area contributed by atoms with Gasteiger partial charge in [0, 0.05) is 24.8 Å². The van der Waals surface area contributed by atoms with Crippen LogP contribution >= 0.6 is 0 Å². The SMILES string of the molecule is Cc1noc(C)c1CC(=O)N(CCCO)C1CCC1. The van der Waals surface area contributed by atoms with Gasteiger partial charge in [-0.05, 0) is 39.5 Å². The van der Waals surface area contributed by atoms with E-state index in [1.54, 1.807) is 0 Å². The maximum Gasteiger partial charge on any atom is 0.227 e. The van der Waals surface area contributed by atoms with Gasteiger partial charge in [0.1, 0.15) is 5.76 Å². The summed E-state index contributed by atoms with van der Waals surface area (Å²) in [5.74, 6) is 0.842. The Morgan fingerprint density at radius 1 is 1.47 bits per heavy atom. The number of carbonyl (C=O) groups excluding carboxylic acids is 1. The van der Waals surface area contributed by atoms with Gasteiger partial charge in [-0.15, -0.1) is 0 Å². The monoisotopic (exact) mass is 266 g/mol. The first kappa shape index (κ1) is 14.1. The summed E-state index contributed by atoms with van der Waals surface area (Å²) in [4.78, 5) is 14.4. The van der Waals surface area contributed by atoms with Crippen LogP contribution in [-0.2, 0) is 11.2 Å². The number of rotatable bonds is 6. The fraction of sp³-hybridized carbons (Fsp3) is 0.714. The Morgan fingerprint density at radius 3 is 2.68 bits per heavy atom. The minimum Gasteiger partial charge on any atom is -0.396 e.